The van der Waals surface area contributed by atoms with Crippen LogP contribution >= 0.6 is 0 Å². The molecule has 2 N–H and O–H groups in total. The van der Waals surface area contributed by atoms with Gasteiger partial charge in [-0.25, -0.2) is 4.98 Å². The summed E-state index contributed by atoms with van der Waals surface area (Å²) < 4.78 is 1.49. The maximum atomic E-state index is 12.3. The molecule has 3 heterocycles. The first-order valence-corrected chi connectivity index (χ1v) is 7.74. The minimum Gasteiger partial charge on any atom is -0.352 e. The number of carbonyl (C=O) groups excluding carboxylic acids is 1. The minimum atomic E-state index is -0.228. The van der Waals surface area contributed by atoms with E-state index in [0.717, 1.165) is 19.4 Å². The van der Waals surface area contributed by atoms with E-state index in [1.807, 2.05) is 11.0 Å². The van der Waals surface area contributed by atoms with E-state index < -0.39 is 0 Å². The minimum absolute atomic E-state index is 0.0709. The Bertz CT molecular complexity index is 847. The molecule has 1 aliphatic rings. The number of hydrogen-bond donors (Lipinski definition) is 2. The second-order valence-corrected chi connectivity index (χ2v) is 5.84. The number of rotatable bonds is 3. The van der Waals surface area contributed by atoms with Gasteiger partial charge < -0.3 is 19.8 Å². The largest absolute Gasteiger partial charge is 0.352 e. The molecule has 3 rings (SSSR count). The van der Waals surface area contributed by atoms with Gasteiger partial charge in [0.1, 0.15) is 11.8 Å². The van der Waals surface area contributed by atoms with Gasteiger partial charge in [0.15, 0.2) is 5.82 Å². The van der Waals surface area contributed by atoms with Crippen LogP contribution in [0.15, 0.2) is 29.5 Å². The van der Waals surface area contributed by atoms with Crippen molar-refractivity contribution < 1.29 is 4.79 Å². The van der Waals surface area contributed by atoms with Crippen LogP contribution in [-0.4, -0.2) is 39.6 Å². The van der Waals surface area contributed by atoms with E-state index in [1.54, 1.807) is 19.4 Å². The summed E-state index contributed by atoms with van der Waals surface area (Å²) in [5, 5.41) is 11.8. The van der Waals surface area contributed by atoms with Crippen LogP contribution in [0.2, 0.25) is 0 Å². The summed E-state index contributed by atoms with van der Waals surface area (Å²) in [5.74, 6) is 0.181. The van der Waals surface area contributed by atoms with Crippen LogP contribution in [0.5, 0.6) is 0 Å². The highest BCUT2D eigenvalue weighted by Crippen LogP contribution is 2.15. The molecule has 0 aliphatic carbocycles. The van der Waals surface area contributed by atoms with E-state index in [4.69, 9.17) is 5.26 Å². The van der Waals surface area contributed by atoms with E-state index in [1.165, 1.54) is 16.8 Å². The summed E-state index contributed by atoms with van der Waals surface area (Å²) in [6.07, 6.45) is 6.44. The molecule has 2 aromatic heterocycles. The number of nitriles is 1. The number of anilines is 1. The predicted octanol–water partition coefficient (Wildman–Crippen LogP) is 0.379. The van der Waals surface area contributed by atoms with Crippen LogP contribution in [0.4, 0.5) is 5.82 Å². The number of aromatic nitrogens is 3. The third-order valence-corrected chi connectivity index (χ3v) is 4.12. The average molecular weight is 326 g/mol. The van der Waals surface area contributed by atoms with Crippen molar-refractivity contribution in [2.45, 2.75) is 18.9 Å². The smallest absolute Gasteiger partial charge is 0.293 e. The lowest BCUT2D eigenvalue weighted by Gasteiger charge is -2.33. The molecule has 0 unspecified atom stereocenters. The molecule has 1 aliphatic heterocycles. The van der Waals surface area contributed by atoms with Crippen molar-refractivity contribution in [3.63, 3.8) is 0 Å². The van der Waals surface area contributed by atoms with Gasteiger partial charge in [0, 0.05) is 44.8 Å². The van der Waals surface area contributed by atoms with Gasteiger partial charge in [-0.1, -0.05) is 0 Å². The third-order valence-electron chi connectivity index (χ3n) is 4.12. The van der Waals surface area contributed by atoms with E-state index in [2.05, 4.69) is 15.3 Å². The molecule has 1 fully saturated rings. The zero-order chi connectivity index (χ0) is 17.1. The van der Waals surface area contributed by atoms with Crippen molar-refractivity contribution in [1.82, 2.24) is 19.9 Å². The Labute approximate surface area is 138 Å². The van der Waals surface area contributed by atoms with Gasteiger partial charge in [0.2, 0.25) is 0 Å². The van der Waals surface area contributed by atoms with Gasteiger partial charge in [0.25, 0.3) is 11.5 Å². The summed E-state index contributed by atoms with van der Waals surface area (Å²) in [5.41, 5.74) is 0.633. The van der Waals surface area contributed by atoms with Crippen LogP contribution in [0.25, 0.3) is 0 Å². The van der Waals surface area contributed by atoms with Crippen LogP contribution in [0, 0.1) is 11.3 Å². The predicted molar refractivity (Wildman–Crippen MR) is 87.7 cm³/mol. The second kappa shape index (κ2) is 6.58. The number of amides is 1. The highest BCUT2D eigenvalue weighted by Gasteiger charge is 2.24. The number of aromatic amines is 1. The Morgan fingerprint density at radius 1 is 1.54 bits per heavy atom. The standard InChI is InChI=1S/C16H18N6O2/c1-21-6-4-18-14(16(21)24)22-5-2-3-12(10-22)20-15(23)11-7-13(8-17)19-9-11/h4,6-7,9,12,19H,2-3,5,10H2,1H3,(H,20,23)/t12-/m1/s1. The third kappa shape index (κ3) is 3.15. The fourth-order valence-corrected chi connectivity index (χ4v) is 2.85. The van der Waals surface area contributed by atoms with Gasteiger partial charge in [-0.05, 0) is 18.9 Å². The first-order chi connectivity index (χ1) is 11.6. The van der Waals surface area contributed by atoms with Crippen LogP contribution in [0.1, 0.15) is 28.9 Å². The topological polar surface area (TPSA) is 107 Å². The van der Waals surface area contributed by atoms with Gasteiger partial charge in [0.05, 0.1) is 5.56 Å². The fourth-order valence-electron chi connectivity index (χ4n) is 2.85. The maximum absolute atomic E-state index is 12.3. The van der Waals surface area contributed by atoms with Crippen molar-refractivity contribution in [2.24, 2.45) is 7.05 Å². The quantitative estimate of drug-likeness (QED) is 0.848. The maximum Gasteiger partial charge on any atom is 0.293 e. The van der Waals surface area contributed by atoms with Gasteiger partial charge in [-0.2, -0.15) is 5.26 Å². The van der Waals surface area contributed by atoms with E-state index >= 15 is 0 Å². The molecule has 0 radical (unpaired) electrons. The fraction of sp³-hybridized carbons (Fsp3) is 0.375. The molecule has 8 heteroatoms. The van der Waals surface area contributed by atoms with E-state index in [-0.39, 0.29) is 17.5 Å². The molecule has 1 amide bonds. The molecule has 0 bridgehead atoms. The van der Waals surface area contributed by atoms with E-state index in [0.29, 0.717) is 23.6 Å². The van der Waals surface area contributed by atoms with Crippen LogP contribution < -0.4 is 15.8 Å². The SMILES string of the molecule is Cn1ccnc(N2CCC[C@@H](NC(=O)c3c[nH]c(C#N)c3)C2)c1=O. The Hall–Kier alpha value is -3.08. The van der Waals surface area contributed by atoms with Gasteiger partial charge in [-0.15, -0.1) is 0 Å². The number of hydrogen-bond acceptors (Lipinski definition) is 5. The molecular weight excluding hydrogens is 308 g/mol. The molecule has 1 atom stereocenters. The molecule has 0 saturated carbocycles. The molecule has 0 spiro atoms. The van der Waals surface area contributed by atoms with Crippen molar-refractivity contribution in [3.8, 4) is 6.07 Å². The Morgan fingerprint density at radius 3 is 3.12 bits per heavy atom. The Kier molecular flexibility index (Phi) is 4.33. The van der Waals surface area contributed by atoms with Gasteiger partial charge in [-0.3, -0.25) is 9.59 Å². The molecule has 2 aromatic rings. The highest BCUT2D eigenvalue weighted by molar-refractivity contribution is 5.94. The molecule has 1 saturated heterocycles. The van der Waals surface area contributed by atoms with Crippen molar-refractivity contribution >= 4 is 11.7 Å². The lowest BCUT2D eigenvalue weighted by molar-refractivity contribution is 0.0933. The summed E-state index contributed by atoms with van der Waals surface area (Å²) >= 11 is 0. The number of carbonyl (C=O) groups is 1. The summed E-state index contributed by atoms with van der Waals surface area (Å²) in [4.78, 5) is 33.3. The Morgan fingerprint density at radius 2 is 2.38 bits per heavy atom. The normalized spacial score (nSPS) is 17.3. The molecule has 124 valence electrons. The van der Waals surface area contributed by atoms with Crippen molar-refractivity contribution in [3.05, 3.63) is 46.3 Å². The summed E-state index contributed by atoms with van der Waals surface area (Å²) in [6, 6.07) is 3.40. The van der Waals surface area contributed by atoms with E-state index in [9.17, 15) is 9.59 Å². The zero-order valence-corrected chi connectivity index (χ0v) is 13.3. The molecule has 0 aromatic carbocycles. The first kappa shape index (κ1) is 15.8. The number of piperidine rings is 1. The number of nitrogens with one attached hydrogen (secondary N) is 2. The Balaban J connectivity index is 1.69. The van der Waals surface area contributed by atoms with Crippen molar-refractivity contribution in [2.75, 3.05) is 18.0 Å². The first-order valence-electron chi connectivity index (χ1n) is 7.74. The zero-order valence-electron chi connectivity index (χ0n) is 13.3. The number of aryl methyl sites for hydroxylation is 1. The van der Waals surface area contributed by atoms with Gasteiger partial charge >= 0.3 is 0 Å². The second-order valence-electron chi connectivity index (χ2n) is 5.84. The van der Waals surface area contributed by atoms with Crippen LogP contribution in [-0.2, 0) is 7.05 Å². The highest BCUT2D eigenvalue weighted by atomic mass is 16.2. The van der Waals surface area contributed by atoms with Crippen LogP contribution in [0.3, 0.4) is 0 Å². The average Bonchev–Trinajstić information content (AvgIpc) is 3.07. The molecule has 8 nitrogen and oxygen atoms in total. The lowest BCUT2D eigenvalue weighted by atomic mass is 10.1. The lowest BCUT2D eigenvalue weighted by Crippen LogP contribution is -2.49. The molecular formula is C16H18N6O2. The van der Waals surface area contributed by atoms with Crippen molar-refractivity contribution in [1.29, 1.82) is 5.26 Å². The summed E-state index contributed by atoms with van der Waals surface area (Å²) in [6.45, 7) is 1.27. The monoisotopic (exact) mass is 326 g/mol. The molecule has 24 heavy (non-hydrogen) atoms. The summed E-state index contributed by atoms with van der Waals surface area (Å²) in [7, 11) is 1.69. The number of nitrogens with zero attached hydrogens (tertiary/aromatic N) is 4. The number of H-pyrrole nitrogens is 1.